The van der Waals surface area contributed by atoms with Crippen LogP contribution in [0.2, 0.25) is 0 Å². The molecular weight excluding hydrogens is 210 g/mol. The number of nitrogens with zero attached hydrogens (tertiary/aromatic N) is 1. The standard InChI is InChI=1S/C8H8F2N2O3/c9-8(10)15-7-5(4-11)2-1-3-6(7)12(13)14/h1-3,8H,4,11H2. The van der Waals surface area contributed by atoms with E-state index in [1.165, 1.54) is 12.1 Å². The fourth-order valence-electron chi connectivity index (χ4n) is 1.10. The number of alkyl halides is 2. The highest BCUT2D eigenvalue weighted by Gasteiger charge is 2.21. The molecule has 0 amide bonds. The Bertz CT molecular complexity index is 371. The zero-order valence-electron chi connectivity index (χ0n) is 7.52. The van der Waals surface area contributed by atoms with Gasteiger partial charge >= 0.3 is 12.3 Å². The van der Waals surface area contributed by atoms with Crippen molar-refractivity contribution in [2.45, 2.75) is 13.2 Å². The lowest BCUT2D eigenvalue weighted by atomic mass is 10.2. The third-order valence-electron chi connectivity index (χ3n) is 1.70. The Balaban J connectivity index is 3.20. The largest absolute Gasteiger partial charge is 0.427 e. The summed E-state index contributed by atoms with van der Waals surface area (Å²) in [6, 6.07) is 3.83. The molecule has 5 nitrogen and oxygen atoms in total. The smallest absolute Gasteiger partial charge is 0.387 e. The second-order valence-corrected chi connectivity index (χ2v) is 2.61. The molecule has 1 aromatic carbocycles. The summed E-state index contributed by atoms with van der Waals surface area (Å²) in [4.78, 5) is 9.72. The van der Waals surface area contributed by atoms with Crippen LogP contribution in [0.3, 0.4) is 0 Å². The number of nitro groups is 1. The lowest BCUT2D eigenvalue weighted by molar-refractivity contribution is -0.386. The van der Waals surface area contributed by atoms with Crippen molar-refractivity contribution in [3.8, 4) is 5.75 Å². The van der Waals surface area contributed by atoms with Crippen molar-refractivity contribution in [2.75, 3.05) is 0 Å². The summed E-state index contributed by atoms with van der Waals surface area (Å²) in [5.41, 5.74) is 4.90. The van der Waals surface area contributed by atoms with E-state index in [1.54, 1.807) is 0 Å². The fraction of sp³-hybridized carbons (Fsp3) is 0.250. The van der Waals surface area contributed by atoms with Gasteiger partial charge < -0.3 is 10.5 Å². The predicted octanol–water partition coefficient (Wildman–Crippen LogP) is 1.65. The van der Waals surface area contributed by atoms with Gasteiger partial charge in [0.25, 0.3) is 0 Å². The van der Waals surface area contributed by atoms with Crippen LogP contribution in [0.25, 0.3) is 0 Å². The molecule has 15 heavy (non-hydrogen) atoms. The van der Waals surface area contributed by atoms with Gasteiger partial charge in [0.2, 0.25) is 5.75 Å². The Morgan fingerprint density at radius 1 is 1.53 bits per heavy atom. The molecular formula is C8H8F2N2O3. The molecule has 0 unspecified atom stereocenters. The maximum Gasteiger partial charge on any atom is 0.387 e. The number of nitro benzene ring substituents is 1. The number of para-hydroxylation sites is 1. The van der Waals surface area contributed by atoms with Crippen molar-refractivity contribution in [3.63, 3.8) is 0 Å². The molecule has 1 aromatic rings. The summed E-state index contributed by atoms with van der Waals surface area (Å²) in [5, 5.41) is 10.5. The molecule has 0 atom stereocenters. The topological polar surface area (TPSA) is 78.4 Å². The lowest BCUT2D eigenvalue weighted by Gasteiger charge is -2.08. The van der Waals surface area contributed by atoms with Gasteiger partial charge in [-0.3, -0.25) is 10.1 Å². The number of benzene rings is 1. The highest BCUT2D eigenvalue weighted by molar-refractivity contribution is 5.51. The van der Waals surface area contributed by atoms with Crippen molar-refractivity contribution >= 4 is 5.69 Å². The lowest BCUT2D eigenvalue weighted by Crippen LogP contribution is -2.09. The quantitative estimate of drug-likeness (QED) is 0.615. The van der Waals surface area contributed by atoms with Crippen LogP contribution in [0.1, 0.15) is 5.56 Å². The van der Waals surface area contributed by atoms with Gasteiger partial charge in [0, 0.05) is 18.2 Å². The highest BCUT2D eigenvalue weighted by Crippen LogP contribution is 2.31. The first-order chi connectivity index (χ1) is 7.06. The SMILES string of the molecule is NCc1cccc([N+](=O)[O-])c1OC(F)F. The van der Waals surface area contributed by atoms with Crippen molar-refractivity contribution in [2.24, 2.45) is 5.73 Å². The third-order valence-corrected chi connectivity index (χ3v) is 1.70. The Hall–Kier alpha value is -1.76. The molecule has 0 saturated heterocycles. The van der Waals surface area contributed by atoms with Crippen molar-refractivity contribution in [1.82, 2.24) is 0 Å². The zero-order chi connectivity index (χ0) is 11.4. The van der Waals surface area contributed by atoms with Crippen LogP contribution in [-0.4, -0.2) is 11.5 Å². The number of nitrogens with two attached hydrogens (primary N) is 1. The average molecular weight is 218 g/mol. The van der Waals surface area contributed by atoms with E-state index in [2.05, 4.69) is 4.74 Å². The van der Waals surface area contributed by atoms with Crippen molar-refractivity contribution < 1.29 is 18.4 Å². The fourth-order valence-corrected chi connectivity index (χ4v) is 1.10. The first-order valence-corrected chi connectivity index (χ1v) is 3.97. The molecule has 0 saturated carbocycles. The van der Waals surface area contributed by atoms with Crippen LogP contribution in [0.5, 0.6) is 5.75 Å². The molecule has 82 valence electrons. The zero-order valence-corrected chi connectivity index (χ0v) is 7.52. The first-order valence-electron chi connectivity index (χ1n) is 3.97. The Kier molecular flexibility index (Phi) is 3.51. The molecule has 2 N–H and O–H groups in total. The highest BCUT2D eigenvalue weighted by atomic mass is 19.3. The van der Waals surface area contributed by atoms with Gasteiger partial charge in [0.05, 0.1) is 4.92 Å². The van der Waals surface area contributed by atoms with Crippen LogP contribution in [0.4, 0.5) is 14.5 Å². The summed E-state index contributed by atoms with van der Waals surface area (Å²) in [7, 11) is 0. The molecule has 0 aliphatic carbocycles. The van der Waals surface area contributed by atoms with Crippen molar-refractivity contribution in [1.29, 1.82) is 0 Å². The monoisotopic (exact) mass is 218 g/mol. The number of halogens is 2. The molecule has 0 bridgehead atoms. The van der Waals surface area contributed by atoms with Gasteiger partial charge in [0.15, 0.2) is 0 Å². The molecule has 0 heterocycles. The molecule has 0 aliphatic rings. The predicted molar refractivity (Wildman–Crippen MR) is 47.6 cm³/mol. The van der Waals surface area contributed by atoms with Crippen LogP contribution in [0, 0.1) is 10.1 Å². The minimum Gasteiger partial charge on any atom is -0.427 e. The Morgan fingerprint density at radius 3 is 2.67 bits per heavy atom. The Labute approximate surface area is 83.6 Å². The normalized spacial score (nSPS) is 10.4. The van der Waals surface area contributed by atoms with E-state index in [0.29, 0.717) is 0 Å². The van der Waals surface area contributed by atoms with Gasteiger partial charge in [-0.05, 0) is 0 Å². The van der Waals surface area contributed by atoms with Gasteiger partial charge in [-0.2, -0.15) is 8.78 Å². The number of hydrogen-bond acceptors (Lipinski definition) is 4. The minimum atomic E-state index is -3.11. The average Bonchev–Trinajstić information content (AvgIpc) is 2.16. The van der Waals surface area contributed by atoms with Crippen LogP contribution in [0.15, 0.2) is 18.2 Å². The van der Waals surface area contributed by atoms with Crippen molar-refractivity contribution in [3.05, 3.63) is 33.9 Å². The Morgan fingerprint density at radius 2 is 2.20 bits per heavy atom. The summed E-state index contributed by atoms with van der Waals surface area (Å²) >= 11 is 0. The number of rotatable bonds is 4. The minimum absolute atomic E-state index is 0.107. The summed E-state index contributed by atoms with van der Waals surface area (Å²) in [5.74, 6) is -0.472. The maximum atomic E-state index is 12.0. The molecule has 0 aromatic heterocycles. The van der Waals surface area contributed by atoms with Gasteiger partial charge in [0.1, 0.15) is 0 Å². The molecule has 1 rings (SSSR count). The van der Waals surface area contributed by atoms with Crippen LogP contribution >= 0.6 is 0 Å². The molecule has 0 aliphatic heterocycles. The van der Waals surface area contributed by atoms with E-state index in [0.717, 1.165) is 6.07 Å². The van der Waals surface area contributed by atoms with Gasteiger partial charge in [-0.1, -0.05) is 12.1 Å². The third kappa shape index (κ3) is 2.59. The van der Waals surface area contributed by atoms with Gasteiger partial charge in [-0.15, -0.1) is 0 Å². The van der Waals surface area contributed by atoms with E-state index in [4.69, 9.17) is 5.73 Å². The van der Waals surface area contributed by atoms with Crippen LogP contribution in [-0.2, 0) is 6.54 Å². The summed E-state index contributed by atoms with van der Waals surface area (Å²) < 4.78 is 28.1. The number of ether oxygens (including phenoxy) is 1. The van der Waals surface area contributed by atoms with Crippen LogP contribution < -0.4 is 10.5 Å². The first kappa shape index (κ1) is 11.3. The van der Waals surface area contributed by atoms with E-state index in [9.17, 15) is 18.9 Å². The molecule has 7 heteroatoms. The van der Waals surface area contributed by atoms with E-state index in [1.807, 2.05) is 0 Å². The summed E-state index contributed by atoms with van der Waals surface area (Å²) in [6.07, 6.45) is 0. The molecule has 0 spiro atoms. The second kappa shape index (κ2) is 4.65. The number of hydrogen-bond donors (Lipinski definition) is 1. The van der Waals surface area contributed by atoms with E-state index >= 15 is 0 Å². The van der Waals surface area contributed by atoms with E-state index < -0.39 is 23.0 Å². The molecule has 0 fully saturated rings. The summed E-state index contributed by atoms with van der Waals surface area (Å²) in [6.45, 7) is -3.22. The van der Waals surface area contributed by atoms with Gasteiger partial charge in [-0.25, -0.2) is 0 Å². The molecule has 0 radical (unpaired) electrons. The van der Waals surface area contributed by atoms with E-state index in [-0.39, 0.29) is 12.1 Å². The second-order valence-electron chi connectivity index (χ2n) is 2.61. The maximum absolute atomic E-state index is 12.0.